The zero-order valence-electron chi connectivity index (χ0n) is 19.8. The van der Waals surface area contributed by atoms with Crippen LogP contribution in [0.25, 0.3) is 11.3 Å². The molecule has 0 spiro atoms. The first kappa shape index (κ1) is 25.7. The molecule has 0 aliphatic carbocycles. The van der Waals surface area contributed by atoms with Crippen LogP contribution >= 0.6 is 24.0 Å². The van der Waals surface area contributed by atoms with Crippen LogP contribution in [0.15, 0.2) is 65.8 Å². The van der Waals surface area contributed by atoms with E-state index in [1.807, 2.05) is 48.5 Å². The first-order valence-corrected chi connectivity index (χ1v) is 11.6. The standard InChI is InChI=1S/C26H32N6O.HI/c1-3-27-26(31(2)19-24-29-16-23(30-24)20-10-5-4-6-11-20)28-15-9-14-25(33)32-17-21-12-7-8-13-22(21)18-32;/h4-8,10-13,16H,3,9,14-15,17-19H2,1-2H3,(H,27,28)(H,29,30);1H. The number of aromatic nitrogens is 2. The van der Waals surface area contributed by atoms with Crippen molar-refractivity contribution in [3.05, 3.63) is 77.7 Å². The molecule has 0 radical (unpaired) electrons. The van der Waals surface area contributed by atoms with Gasteiger partial charge in [0.25, 0.3) is 0 Å². The zero-order chi connectivity index (χ0) is 23.0. The Hall–Kier alpha value is -2.88. The van der Waals surface area contributed by atoms with E-state index in [2.05, 4.69) is 51.4 Å². The van der Waals surface area contributed by atoms with Crippen molar-refractivity contribution in [2.45, 2.75) is 39.4 Å². The monoisotopic (exact) mass is 572 g/mol. The SMILES string of the molecule is CCNC(=NCCCC(=O)N1Cc2ccccc2C1)N(C)Cc1ncc(-c2ccccc2)[nH]1.I. The topological polar surface area (TPSA) is 76.6 Å². The maximum absolute atomic E-state index is 12.6. The Balaban J connectivity index is 0.00000324. The summed E-state index contributed by atoms with van der Waals surface area (Å²) in [5.41, 5.74) is 4.63. The number of hydrogen-bond acceptors (Lipinski definition) is 3. The normalized spacial score (nSPS) is 12.8. The molecule has 180 valence electrons. The number of amides is 1. The van der Waals surface area contributed by atoms with Gasteiger partial charge in [-0.2, -0.15) is 0 Å². The Kier molecular flexibility index (Phi) is 9.50. The largest absolute Gasteiger partial charge is 0.357 e. The summed E-state index contributed by atoms with van der Waals surface area (Å²) < 4.78 is 0. The summed E-state index contributed by atoms with van der Waals surface area (Å²) in [4.78, 5) is 29.3. The van der Waals surface area contributed by atoms with E-state index in [1.54, 1.807) is 0 Å². The maximum Gasteiger partial charge on any atom is 0.223 e. The van der Waals surface area contributed by atoms with E-state index in [4.69, 9.17) is 4.99 Å². The van der Waals surface area contributed by atoms with E-state index in [0.29, 0.717) is 19.5 Å². The van der Waals surface area contributed by atoms with Gasteiger partial charge in [-0.3, -0.25) is 9.79 Å². The van der Waals surface area contributed by atoms with Gasteiger partial charge in [0, 0.05) is 39.6 Å². The van der Waals surface area contributed by atoms with Gasteiger partial charge in [0.2, 0.25) is 5.91 Å². The summed E-state index contributed by atoms with van der Waals surface area (Å²) in [6, 6.07) is 18.4. The number of imidazole rings is 1. The number of rotatable bonds is 8. The van der Waals surface area contributed by atoms with Gasteiger partial charge >= 0.3 is 0 Å². The molecule has 0 saturated heterocycles. The van der Waals surface area contributed by atoms with Gasteiger partial charge in [0.05, 0.1) is 18.4 Å². The minimum atomic E-state index is 0. The second-order valence-corrected chi connectivity index (χ2v) is 8.32. The predicted octanol–water partition coefficient (Wildman–Crippen LogP) is 4.41. The first-order chi connectivity index (χ1) is 16.1. The first-order valence-electron chi connectivity index (χ1n) is 11.6. The molecule has 0 atom stereocenters. The van der Waals surface area contributed by atoms with Gasteiger partial charge in [-0.15, -0.1) is 24.0 Å². The molecule has 0 fully saturated rings. The van der Waals surface area contributed by atoms with Crippen molar-refractivity contribution in [2.24, 2.45) is 4.99 Å². The lowest BCUT2D eigenvalue weighted by molar-refractivity contribution is -0.131. The van der Waals surface area contributed by atoms with Gasteiger partial charge in [-0.1, -0.05) is 54.6 Å². The molecule has 34 heavy (non-hydrogen) atoms. The van der Waals surface area contributed by atoms with E-state index in [1.165, 1.54) is 11.1 Å². The molecule has 7 nitrogen and oxygen atoms in total. The Morgan fingerprint density at radius 3 is 2.47 bits per heavy atom. The summed E-state index contributed by atoms with van der Waals surface area (Å²) >= 11 is 0. The van der Waals surface area contributed by atoms with Crippen LogP contribution in [-0.4, -0.2) is 51.8 Å². The molecule has 1 aliphatic rings. The van der Waals surface area contributed by atoms with Crippen molar-refractivity contribution in [1.82, 2.24) is 25.1 Å². The van der Waals surface area contributed by atoms with Crippen LogP contribution in [0.2, 0.25) is 0 Å². The molecule has 3 aromatic rings. The highest BCUT2D eigenvalue weighted by Crippen LogP contribution is 2.23. The number of H-pyrrole nitrogens is 1. The highest BCUT2D eigenvalue weighted by Gasteiger charge is 2.22. The van der Waals surface area contributed by atoms with Crippen LogP contribution in [0.3, 0.4) is 0 Å². The number of hydrogen-bond donors (Lipinski definition) is 2. The molecule has 1 aliphatic heterocycles. The molecule has 2 heterocycles. The van der Waals surface area contributed by atoms with Crippen molar-refractivity contribution in [3.63, 3.8) is 0 Å². The quantitative estimate of drug-likeness (QED) is 0.182. The summed E-state index contributed by atoms with van der Waals surface area (Å²) in [6.45, 7) is 5.49. The van der Waals surface area contributed by atoms with E-state index in [0.717, 1.165) is 49.1 Å². The van der Waals surface area contributed by atoms with Gasteiger partial charge in [0.1, 0.15) is 5.82 Å². The number of halogens is 1. The van der Waals surface area contributed by atoms with Crippen LogP contribution in [0.1, 0.15) is 36.7 Å². The number of fused-ring (bicyclic) bond motifs is 1. The second-order valence-electron chi connectivity index (χ2n) is 8.32. The average molecular weight is 572 g/mol. The van der Waals surface area contributed by atoms with Crippen molar-refractivity contribution in [2.75, 3.05) is 20.1 Å². The summed E-state index contributed by atoms with van der Waals surface area (Å²) in [5.74, 6) is 1.89. The number of nitrogens with one attached hydrogen (secondary N) is 2. The van der Waals surface area contributed by atoms with Crippen LogP contribution in [0, 0.1) is 0 Å². The molecule has 8 heteroatoms. The van der Waals surface area contributed by atoms with E-state index in [9.17, 15) is 4.79 Å². The van der Waals surface area contributed by atoms with E-state index < -0.39 is 0 Å². The minimum absolute atomic E-state index is 0. The van der Waals surface area contributed by atoms with Crippen molar-refractivity contribution in [3.8, 4) is 11.3 Å². The molecule has 0 unspecified atom stereocenters. The number of guanidine groups is 1. The summed E-state index contributed by atoms with van der Waals surface area (Å²) in [6.07, 6.45) is 3.11. The number of aliphatic imine (C=N–C) groups is 1. The lowest BCUT2D eigenvalue weighted by Crippen LogP contribution is -2.38. The van der Waals surface area contributed by atoms with Crippen LogP contribution < -0.4 is 5.32 Å². The molecule has 0 bridgehead atoms. The van der Waals surface area contributed by atoms with Crippen LogP contribution in [0.5, 0.6) is 0 Å². The van der Waals surface area contributed by atoms with Gasteiger partial charge in [0.15, 0.2) is 5.96 Å². The molecule has 1 amide bonds. The number of carbonyl (C=O) groups is 1. The van der Waals surface area contributed by atoms with Crippen molar-refractivity contribution < 1.29 is 4.79 Å². The third-order valence-electron chi connectivity index (χ3n) is 5.80. The lowest BCUT2D eigenvalue weighted by atomic mass is 10.1. The lowest BCUT2D eigenvalue weighted by Gasteiger charge is -2.21. The molecule has 4 rings (SSSR count). The fraction of sp³-hybridized carbons (Fsp3) is 0.346. The smallest absolute Gasteiger partial charge is 0.223 e. The van der Waals surface area contributed by atoms with Gasteiger partial charge < -0.3 is 20.1 Å². The number of benzene rings is 2. The highest BCUT2D eigenvalue weighted by molar-refractivity contribution is 14.0. The maximum atomic E-state index is 12.6. The van der Waals surface area contributed by atoms with Crippen molar-refractivity contribution in [1.29, 1.82) is 0 Å². The molecular weight excluding hydrogens is 539 g/mol. The molecule has 2 N–H and O–H groups in total. The van der Waals surface area contributed by atoms with Gasteiger partial charge in [-0.25, -0.2) is 4.98 Å². The number of nitrogens with zero attached hydrogens (tertiary/aromatic N) is 4. The second kappa shape index (κ2) is 12.5. The number of aromatic amines is 1. The summed E-state index contributed by atoms with van der Waals surface area (Å²) in [5, 5.41) is 3.34. The zero-order valence-corrected chi connectivity index (χ0v) is 22.2. The van der Waals surface area contributed by atoms with E-state index in [-0.39, 0.29) is 29.9 Å². The van der Waals surface area contributed by atoms with Gasteiger partial charge in [-0.05, 0) is 30.0 Å². The Bertz CT molecular complexity index is 1070. The highest BCUT2D eigenvalue weighted by atomic mass is 127. The Labute approximate surface area is 218 Å². The van der Waals surface area contributed by atoms with E-state index >= 15 is 0 Å². The molecule has 1 aromatic heterocycles. The van der Waals surface area contributed by atoms with Crippen LogP contribution in [-0.2, 0) is 24.4 Å². The summed E-state index contributed by atoms with van der Waals surface area (Å²) in [7, 11) is 2.00. The van der Waals surface area contributed by atoms with Crippen molar-refractivity contribution >= 4 is 35.8 Å². The average Bonchev–Trinajstić information content (AvgIpc) is 3.48. The Morgan fingerprint density at radius 2 is 1.79 bits per heavy atom. The molecule has 0 saturated carbocycles. The number of carbonyl (C=O) groups excluding carboxylic acids is 1. The Morgan fingerprint density at radius 1 is 1.12 bits per heavy atom. The molecular formula is C26H33IN6O. The third kappa shape index (κ3) is 6.59. The predicted molar refractivity (Wildman–Crippen MR) is 147 cm³/mol. The third-order valence-corrected chi connectivity index (χ3v) is 5.80. The fourth-order valence-corrected chi connectivity index (χ4v) is 4.06. The van der Waals surface area contributed by atoms with Crippen LogP contribution in [0.4, 0.5) is 0 Å². The molecule has 2 aromatic carbocycles. The minimum Gasteiger partial charge on any atom is -0.357 e. The fourth-order valence-electron chi connectivity index (χ4n) is 4.06.